The van der Waals surface area contributed by atoms with Crippen LogP contribution in [0.5, 0.6) is 0 Å². The van der Waals surface area contributed by atoms with Gasteiger partial charge in [0.25, 0.3) is 5.91 Å². The van der Waals surface area contributed by atoms with E-state index in [1.165, 1.54) is 12.5 Å². The number of rotatable bonds is 6. The molecule has 2 heterocycles. The van der Waals surface area contributed by atoms with Crippen LogP contribution in [0.3, 0.4) is 0 Å². The fourth-order valence-corrected chi connectivity index (χ4v) is 1.51. The van der Waals surface area contributed by atoms with Gasteiger partial charge < -0.3 is 10.7 Å². The predicted molar refractivity (Wildman–Crippen MR) is 69.1 cm³/mol. The molecule has 0 aliphatic heterocycles. The van der Waals surface area contributed by atoms with Gasteiger partial charge in [0.15, 0.2) is 0 Å². The van der Waals surface area contributed by atoms with E-state index < -0.39 is 0 Å². The Morgan fingerprint density at radius 3 is 2.89 bits per heavy atom. The summed E-state index contributed by atoms with van der Waals surface area (Å²) in [6.45, 7) is 0.554. The molecule has 0 atom stereocenters. The van der Waals surface area contributed by atoms with Gasteiger partial charge in [-0.3, -0.25) is 15.7 Å². The smallest absolute Gasteiger partial charge is 0.269 e. The Balaban J connectivity index is 1.74. The molecule has 0 saturated heterocycles. The minimum atomic E-state index is -0.207. The third kappa shape index (κ3) is 3.75. The van der Waals surface area contributed by atoms with Crippen LogP contribution in [-0.2, 0) is 6.42 Å². The summed E-state index contributed by atoms with van der Waals surface area (Å²) in [7, 11) is 0. The van der Waals surface area contributed by atoms with Crippen LogP contribution in [0.15, 0.2) is 24.7 Å². The lowest BCUT2D eigenvalue weighted by Crippen LogP contribution is -2.25. The van der Waals surface area contributed by atoms with E-state index in [1.807, 2.05) is 0 Å². The van der Waals surface area contributed by atoms with Crippen LogP contribution in [0, 0.1) is 0 Å². The average Bonchev–Trinajstić information content (AvgIpc) is 2.96. The van der Waals surface area contributed by atoms with Crippen molar-refractivity contribution in [3.8, 4) is 0 Å². The van der Waals surface area contributed by atoms with Crippen molar-refractivity contribution < 1.29 is 4.79 Å². The maximum atomic E-state index is 11.7. The second-order valence-corrected chi connectivity index (χ2v) is 3.87. The molecule has 0 radical (unpaired) electrons. The highest BCUT2D eigenvalue weighted by atomic mass is 16.1. The molecule has 0 bridgehead atoms. The molecule has 8 heteroatoms. The molecule has 19 heavy (non-hydrogen) atoms. The van der Waals surface area contributed by atoms with Crippen LogP contribution in [0.25, 0.3) is 0 Å². The van der Waals surface area contributed by atoms with Gasteiger partial charge in [0, 0.05) is 13.0 Å². The van der Waals surface area contributed by atoms with Gasteiger partial charge in [-0.25, -0.2) is 9.97 Å². The van der Waals surface area contributed by atoms with Crippen LogP contribution in [0.2, 0.25) is 0 Å². The van der Waals surface area contributed by atoms with Crippen molar-refractivity contribution >= 4 is 11.6 Å². The van der Waals surface area contributed by atoms with Gasteiger partial charge >= 0.3 is 0 Å². The first-order chi connectivity index (χ1) is 9.29. The highest BCUT2D eigenvalue weighted by molar-refractivity contribution is 5.92. The number of hydrogen-bond acceptors (Lipinski definition) is 6. The van der Waals surface area contributed by atoms with E-state index in [4.69, 9.17) is 5.84 Å². The number of carbonyl (C=O) groups excluding carboxylic acids is 1. The summed E-state index contributed by atoms with van der Waals surface area (Å²) >= 11 is 0. The van der Waals surface area contributed by atoms with E-state index in [2.05, 4.69) is 30.9 Å². The maximum Gasteiger partial charge on any atom is 0.269 e. The fourth-order valence-electron chi connectivity index (χ4n) is 1.51. The first-order valence-corrected chi connectivity index (χ1v) is 5.84. The molecule has 0 saturated carbocycles. The number of pyridine rings is 1. The zero-order valence-electron chi connectivity index (χ0n) is 10.3. The second kappa shape index (κ2) is 6.45. The number of aromatic amines is 1. The summed E-state index contributed by atoms with van der Waals surface area (Å²) in [4.78, 5) is 19.7. The quantitative estimate of drug-likeness (QED) is 0.326. The van der Waals surface area contributed by atoms with Gasteiger partial charge in [-0.05, 0) is 18.6 Å². The molecule has 0 aliphatic carbocycles. The van der Waals surface area contributed by atoms with Crippen molar-refractivity contribution in [2.75, 3.05) is 12.0 Å². The van der Waals surface area contributed by atoms with Crippen LogP contribution < -0.4 is 16.6 Å². The summed E-state index contributed by atoms with van der Waals surface area (Å²) in [5.74, 6) is 5.82. The van der Waals surface area contributed by atoms with E-state index in [-0.39, 0.29) is 5.91 Å². The molecule has 0 fully saturated rings. The minimum Gasteiger partial charge on any atom is -0.351 e. The summed E-state index contributed by atoms with van der Waals surface area (Å²) in [5.41, 5.74) is 3.46. The second-order valence-electron chi connectivity index (χ2n) is 3.87. The van der Waals surface area contributed by atoms with Crippen molar-refractivity contribution in [1.29, 1.82) is 0 Å². The molecular formula is C11H15N7O. The summed E-state index contributed by atoms with van der Waals surface area (Å²) in [6, 6.07) is 3.30. The molecule has 1 amide bonds. The van der Waals surface area contributed by atoms with Gasteiger partial charge in [-0.15, -0.1) is 0 Å². The Labute approximate surface area is 109 Å². The number of aromatic nitrogens is 4. The molecule has 8 nitrogen and oxygen atoms in total. The normalized spacial score (nSPS) is 10.2. The topological polar surface area (TPSA) is 122 Å². The molecule has 100 valence electrons. The Kier molecular flexibility index (Phi) is 4.40. The number of nitrogens with zero attached hydrogens (tertiary/aromatic N) is 3. The largest absolute Gasteiger partial charge is 0.351 e. The number of aryl methyl sites for hydroxylation is 1. The van der Waals surface area contributed by atoms with E-state index in [0.717, 1.165) is 18.7 Å². The van der Waals surface area contributed by atoms with Crippen molar-refractivity contribution in [3.05, 3.63) is 36.2 Å². The number of nitrogens with one attached hydrogen (secondary N) is 3. The van der Waals surface area contributed by atoms with Crippen molar-refractivity contribution in [1.82, 2.24) is 25.5 Å². The zero-order chi connectivity index (χ0) is 13.5. The van der Waals surface area contributed by atoms with E-state index in [1.54, 1.807) is 12.1 Å². The molecule has 2 aromatic heterocycles. The van der Waals surface area contributed by atoms with Crippen molar-refractivity contribution in [2.24, 2.45) is 5.84 Å². The van der Waals surface area contributed by atoms with Crippen LogP contribution in [0.1, 0.15) is 22.7 Å². The lowest BCUT2D eigenvalue weighted by atomic mass is 10.3. The first-order valence-electron chi connectivity index (χ1n) is 5.84. The third-order valence-electron chi connectivity index (χ3n) is 2.50. The molecule has 0 unspecified atom stereocenters. The number of nitrogen functional groups attached to an aromatic ring is 1. The van der Waals surface area contributed by atoms with Gasteiger partial charge in [0.1, 0.15) is 17.8 Å². The van der Waals surface area contributed by atoms with Gasteiger partial charge in [0.2, 0.25) is 0 Å². The highest BCUT2D eigenvalue weighted by Crippen LogP contribution is 2.03. The Hall–Kier alpha value is -2.48. The Morgan fingerprint density at radius 2 is 2.26 bits per heavy atom. The summed E-state index contributed by atoms with van der Waals surface area (Å²) in [6.07, 6.45) is 4.49. The molecule has 0 spiro atoms. The third-order valence-corrected chi connectivity index (χ3v) is 2.50. The SMILES string of the molecule is NNc1ccc(C(=O)NCCCc2ncn[nH]2)nc1. The maximum absolute atomic E-state index is 11.7. The van der Waals surface area contributed by atoms with Crippen molar-refractivity contribution in [3.63, 3.8) is 0 Å². The van der Waals surface area contributed by atoms with E-state index >= 15 is 0 Å². The van der Waals surface area contributed by atoms with Gasteiger partial charge in [-0.1, -0.05) is 0 Å². The standard InChI is InChI=1S/C11H15N7O/c12-17-8-3-4-9(14-6-8)11(19)13-5-1-2-10-15-7-16-18-10/h3-4,6-7,17H,1-2,5,12H2,(H,13,19)(H,15,16,18). The Morgan fingerprint density at radius 1 is 1.37 bits per heavy atom. The van der Waals surface area contributed by atoms with Gasteiger partial charge in [-0.2, -0.15) is 5.10 Å². The highest BCUT2D eigenvalue weighted by Gasteiger charge is 2.06. The average molecular weight is 261 g/mol. The van der Waals surface area contributed by atoms with E-state index in [0.29, 0.717) is 17.9 Å². The number of amides is 1. The number of hydrazine groups is 1. The summed E-state index contributed by atoms with van der Waals surface area (Å²) in [5, 5.41) is 9.30. The summed E-state index contributed by atoms with van der Waals surface area (Å²) < 4.78 is 0. The number of H-pyrrole nitrogens is 1. The fraction of sp³-hybridized carbons (Fsp3) is 0.273. The predicted octanol–water partition coefficient (Wildman–Crippen LogP) is -0.152. The number of anilines is 1. The lowest BCUT2D eigenvalue weighted by molar-refractivity contribution is 0.0948. The van der Waals surface area contributed by atoms with Crippen LogP contribution in [-0.4, -0.2) is 32.6 Å². The monoisotopic (exact) mass is 261 g/mol. The van der Waals surface area contributed by atoms with Crippen LogP contribution in [0.4, 0.5) is 5.69 Å². The van der Waals surface area contributed by atoms with Gasteiger partial charge in [0.05, 0.1) is 11.9 Å². The molecule has 2 aromatic rings. The molecular weight excluding hydrogens is 246 g/mol. The molecule has 0 aliphatic rings. The zero-order valence-corrected chi connectivity index (χ0v) is 10.3. The minimum absolute atomic E-state index is 0.207. The number of nitrogens with two attached hydrogens (primary N) is 1. The van der Waals surface area contributed by atoms with Crippen LogP contribution >= 0.6 is 0 Å². The molecule has 5 N–H and O–H groups in total. The molecule has 0 aromatic carbocycles. The number of hydrogen-bond donors (Lipinski definition) is 4. The van der Waals surface area contributed by atoms with E-state index in [9.17, 15) is 4.79 Å². The molecule has 2 rings (SSSR count). The Bertz CT molecular complexity index is 508. The first kappa shape index (κ1) is 13.0. The van der Waals surface area contributed by atoms with Crippen molar-refractivity contribution in [2.45, 2.75) is 12.8 Å². The number of carbonyl (C=O) groups is 1. The lowest BCUT2D eigenvalue weighted by Gasteiger charge is -2.04.